The smallest absolute Gasteiger partial charge is 0.352 e. The van der Waals surface area contributed by atoms with Gasteiger partial charge in [0.1, 0.15) is 17.1 Å². The zero-order chi connectivity index (χ0) is 22.9. The van der Waals surface area contributed by atoms with E-state index >= 15 is 0 Å². The molecule has 0 bridgehead atoms. The van der Waals surface area contributed by atoms with Gasteiger partial charge in [0.05, 0.1) is 19.0 Å². The zero-order valence-electron chi connectivity index (χ0n) is 17.4. The summed E-state index contributed by atoms with van der Waals surface area (Å²) in [5, 5.41) is 17.1. The quantitative estimate of drug-likeness (QED) is 0.384. The normalized spacial score (nSPS) is 13.1. The van der Waals surface area contributed by atoms with Crippen molar-refractivity contribution in [2.45, 2.75) is 12.1 Å². The average Bonchev–Trinajstić information content (AvgIpc) is 3.45. The second-order valence-corrected chi connectivity index (χ2v) is 7.15. The predicted octanol–water partition coefficient (Wildman–Crippen LogP) is 2.16. The maximum absolute atomic E-state index is 12.9. The Balaban J connectivity index is 1.98. The molecule has 0 saturated carbocycles. The monoisotopic (exact) mass is 435 g/mol. The first-order valence-electron chi connectivity index (χ1n) is 9.63. The third kappa shape index (κ3) is 3.46. The van der Waals surface area contributed by atoms with Gasteiger partial charge in [-0.3, -0.25) is 14.5 Å². The van der Waals surface area contributed by atoms with Crippen LogP contribution in [0.4, 0.5) is 0 Å². The molecule has 0 spiro atoms. The Morgan fingerprint density at radius 2 is 2.03 bits per heavy atom. The first-order chi connectivity index (χ1) is 15.4. The number of hydrogen-bond acceptors (Lipinski definition) is 6. The summed E-state index contributed by atoms with van der Waals surface area (Å²) in [6.45, 7) is 0. The van der Waals surface area contributed by atoms with Crippen molar-refractivity contribution in [1.82, 2.24) is 19.7 Å². The Bertz CT molecular complexity index is 1300. The number of amides is 1. The van der Waals surface area contributed by atoms with Crippen molar-refractivity contribution in [2.75, 3.05) is 14.2 Å². The van der Waals surface area contributed by atoms with Crippen molar-refractivity contribution in [3.05, 3.63) is 66.1 Å². The Hall–Kier alpha value is -4.18. The number of carboxylic acid groups (broad SMARTS) is 1. The van der Waals surface area contributed by atoms with Gasteiger partial charge in [-0.15, -0.1) is 0 Å². The molecule has 10 heteroatoms. The Kier molecular flexibility index (Phi) is 5.37. The fourth-order valence-corrected chi connectivity index (χ4v) is 3.75. The number of methoxy groups -OCH3 is 2. The molecular formula is C22H21N5O5. The molecule has 3 aromatic heterocycles. The van der Waals surface area contributed by atoms with E-state index in [1.165, 1.54) is 24.9 Å². The van der Waals surface area contributed by atoms with Crippen molar-refractivity contribution in [3.8, 4) is 17.0 Å². The van der Waals surface area contributed by atoms with Gasteiger partial charge in [0.25, 0.3) is 5.91 Å². The van der Waals surface area contributed by atoms with Crippen LogP contribution in [0.1, 0.15) is 16.1 Å². The minimum atomic E-state index is -1.86. The maximum atomic E-state index is 12.9. The molecule has 1 aromatic carbocycles. The predicted molar refractivity (Wildman–Crippen MR) is 115 cm³/mol. The van der Waals surface area contributed by atoms with E-state index in [1.807, 2.05) is 0 Å². The summed E-state index contributed by atoms with van der Waals surface area (Å²) in [5.74, 6) is -1.53. The number of aromatic nitrogens is 4. The molecule has 1 amide bonds. The molecule has 164 valence electrons. The van der Waals surface area contributed by atoms with E-state index in [4.69, 9.17) is 15.2 Å². The Morgan fingerprint density at radius 3 is 2.66 bits per heavy atom. The van der Waals surface area contributed by atoms with Crippen molar-refractivity contribution in [2.24, 2.45) is 5.73 Å². The largest absolute Gasteiger partial charge is 0.497 e. The van der Waals surface area contributed by atoms with E-state index in [0.717, 1.165) is 0 Å². The van der Waals surface area contributed by atoms with E-state index in [0.29, 0.717) is 28.0 Å². The molecule has 3 heterocycles. The number of H-pyrrole nitrogens is 1. The van der Waals surface area contributed by atoms with Gasteiger partial charge >= 0.3 is 5.97 Å². The molecule has 4 N–H and O–H groups in total. The van der Waals surface area contributed by atoms with Crippen LogP contribution in [0.5, 0.6) is 5.75 Å². The molecule has 1 unspecified atom stereocenters. The molecule has 0 fully saturated rings. The Morgan fingerprint density at radius 1 is 1.22 bits per heavy atom. The first-order valence-corrected chi connectivity index (χ1v) is 9.63. The number of carbonyl (C=O) groups is 2. The van der Waals surface area contributed by atoms with Gasteiger partial charge < -0.3 is 20.3 Å². The van der Waals surface area contributed by atoms with Crippen molar-refractivity contribution in [3.63, 3.8) is 0 Å². The lowest BCUT2D eigenvalue weighted by molar-refractivity contribution is -0.153. The summed E-state index contributed by atoms with van der Waals surface area (Å²) in [4.78, 5) is 29.6. The topological polar surface area (TPSA) is 145 Å². The molecule has 0 aliphatic carbocycles. The van der Waals surface area contributed by atoms with Crippen molar-refractivity contribution in [1.29, 1.82) is 0 Å². The number of pyridine rings is 1. The van der Waals surface area contributed by atoms with Crippen LogP contribution < -0.4 is 10.5 Å². The summed E-state index contributed by atoms with van der Waals surface area (Å²) in [6.07, 6.45) is 3.21. The Labute approximate surface area is 182 Å². The SMILES string of the molecule is COc1cccc(CC(OC)(C(N)=O)n2c(C(=O)O)cc3ccc(-c4cn[nH]c4)nc32)c1. The maximum Gasteiger partial charge on any atom is 0.352 e. The minimum absolute atomic E-state index is 0.0439. The van der Waals surface area contributed by atoms with E-state index in [1.54, 1.807) is 48.8 Å². The number of nitrogens with two attached hydrogens (primary N) is 1. The summed E-state index contributed by atoms with van der Waals surface area (Å²) in [7, 11) is 2.84. The van der Waals surface area contributed by atoms with Crippen LogP contribution in [-0.2, 0) is 21.7 Å². The first kappa shape index (κ1) is 21.1. The van der Waals surface area contributed by atoms with Crippen LogP contribution in [-0.4, -0.2) is 51.0 Å². The number of nitrogens with one attached hydrogen (secondary N) is 1. The number of fused-ring (bicyclic) bond motifs is 1. The zero-order valence-corrected chi connectivity index (χ0v) is 17.4. The summed E-state index contributed by atoms with van der Waals surface area (Å²) in [6, 6.07) is 11.9. The van der Waals surface area contributed by atoms with Crippen LogP contribution in [0, 0.1) is 0 Å². The van der Waals surface area contributed by atoms with Crippen LogP contribution in [0.3, 0.4) is 0 Å². The molecule has 4 rings (SSSR count). The average molecular weight is 435 g/mol. The van der Waals surface area contributed by atoms with Crippen LogP contribution in [0.15, 0.2) is 54.9 Å². The van der Waals surface area contributed by atoms with E-state index in [2.05, 4.69) is 15.2 Å². The highest BCUT2D eigenvalue weighted by Crippen LogP contribution is 2.33. The second-order valence-electron chi connectivity index (χ2n) is 7.15. The number of benzene rings is 1. The van der Waals surface area contributed by atoms with E-state index in [9.17, 15) is 14.7 Å². The summed E-state index contributed by atoms with van der Waals surface area (Å²) >= 11 is 0. The molecule has 10 nitrogen and oxygen atoms in total. The highest BCUT2D eigenvalue weighted by atomic mass is 16.5. The molecule has 4 aromatic rings. The molecule has 0 saturated heterocycles. The lowest BCUT2D eigenvalue weighted by Gasteiger charge is -2.32. The van der Waals surface area contributed by atoms with Crippen molar-refractivity contribution >= 4 is 22.9 Å². The van der Waals surface area contributed by atoms with E-state index < -0.39 is 17.6 Å². The molecular weight excluding hydrogens is 414 g/mol. The number of aromatic carboxylic acids is 1. The van der Waals surface area contributed by atoms with Gasteiger partial charge in [-0.1, -0.05) is 12.1 Å². The number of rotatable bonds is 8. The van der Waals surface area contributed by atoms with Gasteiger partial charge in [-0.25, -0.2) is 9.78 Å². The van der Waals surface area contributed by atoms with Gasteiger partial charge in [-0.05, 0) is 35.9 Å². The lowest BCUT2D eigenvalue weighted by atomic mass is 10.0. The second kappa shape index (κ2) is 8.16. The number of carbonyl (C=O) groups excluding carboxylic acids is 1. The number of primary amides is 1. The fraction of sp³-hybridized carbons (Fsp3) is 0.182. The molecule has 0 radical (unpaired) electrons. The lowest BCUT2D eigenvalue weighted by Crippen LogP contribution is -2.50. The van der Waals surface area contributed by atoms with Gasteiger partial charge in [0.2, 0.25) is 5.72 Å². The van der Waals surface area contributed by atoms with Crippen molar-refractivity contribution < 1.29 is 24.2 Å². The fourth-order valence-electron chi connectivity index (χ4n) is 3.75. The highest BCUT2D eigenvalue weighted by Gasteiger charge is 2.43. The minimum Gasteiger partial charge on any atom is -0.497 e. The van der Waals surface area contributed by atoms with Crippen LogP contribution >= 0.6 is 0 Å². The highest BCUT2D eigenvalue weighted by molar-refractivity contribution is 5.96. The number of carboxylic acids is 1. The van der Waals surface area contributed by atoms with Crippen LogP contribution in [0.25, 0.3) is 22.3 Å². The number of hydrogen-bond donors (Lipinski definition) is 3. The van der Waals surface area contributed by atoms with Gasteiger partial charge in [-0.2, -0.15) is 5.10 Å². The third-order valence-electron chi connectivity index (χ3n) is 5.33. The molecule has 0 aliphatic heterocycles. The number of aromatic amines is 1. The van der Waals surface area contributed by atoms with Gasteiger partial charge in [0.15, 0.2) is 0 Å². The van der Waals surface area contributed by atoms with Crippen LogP contribution in [0.2, 0.25) is 0 Å². The number of ether oxygens (including phenoxy) is 2. The van der Waals surface area contributed by atoms with Gasteiger partial charge in [0, 0.05) is 30.7 Å². The molecule has 1 atom stereocenters. The standard InChI is InChI=1S/C22H21N5O5/c1-31-16-5-3-4-13(8-16)10-22(32-2,21(23)30)27-18(20(28)29)9-14-6-7-17(26-19(14)27)15-11-24-25-12-15/h3-9,11-12H,10H2,1-2H3,(H2,23,30)(H,24,25)(H,28,29). The third-order valence-corrected chi connectivity index (χ3v) is 5.33. The molecule has 32 heavy (non-hydrogen) atoms. The molecule has 0 aliphatic rings. The summed E-state index contributed by atoms with van der Waals surface area (Å²) in [5.41, 5.74) is 5.94. The van der Waals surface area contributed by atoms with E-state index in [-0.39, 0.29) is 17.8 Å². The summed E-state index contributed by atoms with van der Waals surface area (Å²) < 4.78 is 12.2. The number of nitrogens with zero attached hydrogens (tertiary/aromatic N) is 3.